The van der Waals surface area contributed by atoms with Crippen LogP contribution in [0.1, 0.15) is 58.3 Å². The Kier molecular flexibility index (Phi) is 2.62. The van der Waals surface area contributed by atoms with Crippen LogP contribution >= 0.6 is 0 Å². The van der Waals surface area contributed by atoms with Crippen molar-refractivity contribution in [2.24, 2.45) is 17.3 Å². The summed E-state index contributed by atoms with van der Waals surface area (Å²) in [6.45, 7) is 2.31. The second-order valence-electron chi connectivity index (χ2n) is 6.71. The fraction of sp³-hybridized carbons (Fsp3) is 0.867. The zero-order valence-corrected chi connectivity index (χ0v) is 10.7. The molecule has 17 heavy (non-hydrogen) atoms. The Bertz CT molecular complexity index is 331. The summed E-state index contributed by atoms with van der Waals surface area (Å²) in [6, 6.07) is 0. The maximum Gasteiger partial charge on any atom is 0.105 e. The highest BCUT2D eigenvalue weighted by atomic mass is 19.1. The summed E-state index contributed by atoms with van der Waals surface area (Å²) in [5, 5.41) is 10.1. The first kappa shape index (κ1) is 11.7. The van der Waals surface area contributed by atoms with Crippen molar-refractivity contribution in [1.82, 2.24) is 0 Å². The molecule has 2 saturated carbocycles. The van der Waals surface area contributed by atoms with Gasteiger partial charge in [-0.05, 0) is 56.4 Å². The molecule has 0 amide bonds. The average Bonchev–Trinajstić information content (AvgIpc) is 2.30. The predicted molar refractivity (Wildman–Crippen MR) is 66.2 cm³/mol. The van der Waals surface area contributed by atoms with Crippen molar-refractivity contribution in [3.05, 3.63) is 11.9 Å². The number of hydrogen-bond donors (Lipinski definition) is 1. The highest BCUT2D eigenvalue weighted by molar-refractivity contribution is 5.25. The van der Waals surface area contributed by atoms with E-state index < -0.39 is 5.60 Å². The van der Waals surface area contributed by atoms with E-state index in [9.17, 15) is 9.50 Å². The van der Waals surface area contributed by atoms with Crippen LogP contribution in [0.2, 0.25) is 0 Å². The molecule has 96 valence electrons. The van der Waals surface area contributed by atoms with Crippen LogP contribution in [0.15, 0.2) is 11.9 Å². The van der Waals surface area contributed by atoms with Crippen LogP contribution in [0, 0.1) is 17.3 Å². The van der Waals surface area contributed by atoms with E-state index in [4.69, 9.17) is 0 Å². The van der Waals surface area contributed by atoms with Gasteiger partial charge in [0, 0.05) is 5.41 Å². The van der Waals surface area contributed by atoms with Crippen molar-refractivity contribution in [1.29, 1.82) is 0 Å². The third kappa shape index (κ3) is 1.76. The highest BCUT2D eigenvalue weighted by Crippen LogP contribution is 2.59. The summed E-state index contributed by atoms with van der Waals surface area (Å²) in [5.41, 5.74) is -1.00. The van der Waals surface area contributed by atoms with Gasteiger partial charge in [0.25, 0.3) is 0 Å². The van der Waals surface area contributed by atoms with E-state index in [-0.39, 0.29) is 11.2 Å². The summed E-state index contributed by atoms with van der Waals surface area (Å²) in [7, 11) is 0. The topological polar surface area (TPSA) is 20.2 Å². The smallest absolute Gasteiger partial charge is 0.105 e. The number of aliphatic hydroxyl groups is 1. The molecule has 0 unspecified atom stereocenters. The number of halogens is 1. The largest absolute Gasteiger partial charge is 0.386 e. The second kappa shape index (κ2) is 3.81. The van der Waals surface area contributed by atoms with E-state index in [0.717, 1.165) is 31.6 Å². The number of allylic oxidation sites excluding steroid dienone is 1. The third-order valence-electron chi connectivity index (χ3n) is 5.68. The molecule has 0 aromatic carbocycles. The van der Waals surface area contributed by atoms with E-state index in [1.165, 1.54) is 31.8 Å². The molecule has 4 aliphatic carbocycles. The van der Waals surface area contributed by atoms with Gasteiger partial charge < -0.3 is 5.11 Å². The van der Waals surface area contributed by atoms with Crippen LogP contribution in [0.3, 0.4) is 0 Å². The van der Waals surface area contributed by atoms with Gasteiger partial charge >= 0.3 is 0 Å². The van der Waals surface area contributed by atoms with Crippen LogP contribution in [0.5, 0.6) is 0 Å². The predicted octanol–water partition coefficient (Wildman–Crippen LogP) is 3.97. The first-order valence-corrected chi connectivity index (χ1v) is 7.15. The molecule has 0 aromatic rings. The Hall–Kier alpha value is -0.370. The lowest BCUT2D eigenvalue weighted by Gasteiger charge is -2.52. The van der Waals surface area contributed by atoms with E-state index in [1.54, 1.807) is 0 Å². The van der Waals surface area contributed by atoms with Crippen LogP contribution in [0.25, 0.3) is 0 Å². The van der Waals surface area contributed by atoms with Crippen molar-refractivity contribution in [3.63, 3.8) is 0 Å². The van der Waals surface area contributed by atoms with Crippen molar-refractivity contribution < 1.29 is 9.50 Å². The van der Waals surface area contributed by atoms with Crippen molar-refractivity contribution >= 4 is 0 Å². The van der Waals surface area contributed by atoms with Gasteiger partial charge in [-0.1, -0.05) is 19.8 Å². The van der Waals surface area contributed by atoms with E-state index >= 15 is 0 Å². The summed E-state index contributed by atoms with van der Waals surface area (Å²) in [6.07, 6.45) is 9.68. The SMILES string of the molecule is CC1CCC(C23CCC(O)(C=C2F)CC3)CC1. The Labute approximate surface area is 103 Å². The number of fused-ring (bicyclic) bond motifs is 2. The lowest BCUT2D eigenvalue weighted by molar-refractivity contribution is -0.0473. The van der Waals surface area contributed by atoms with Gasteiger partial charge in [-0.25, -0.2) is 4.39 Å². The van der Waals surface area contributed by atoms with Gasteiger partial charge in [0.1, 0.15) is 5.83 Å². The maximum atomic E-state index is 14.4. The molecule has 0 spiro atoms. The summed E-state index contributed by atoms with van der Waals surface area (Å²) in [4.78, 5) is 0. The fourth-order valence-electron chi connectivity index (χ4n) is 4.31. The number of rotatable bonds is 1. The van der Waals surface area contributed by atoms with Gasteiger partial charge in [0.05, 0.1) is 5.60 Å². The van der Waals surface area contributed by atoms with E-state index in [2.05, 4.69) is 6.92 Å². The molecule has 0 atom stereocenters. The minimum absolute atomic E-state index is 0.0112. The Morgan fingerprint density at radius 2 is 1.71 bits per heavy atom. The minimum Gasteiger partial charge on any atom is -0.386 e. The second-order valence-corrected chi connectivity index (χ2v) is 6.71. The van der Waals surface area contributed by atoms with Crippen LogP contribution in [-0.4, -0.2) is 10.7 Å². The molecule has 1 N–H and O–H groups in total. The zero-order chi connectivity index (χ0) is 12.1. The molecule has 1 nitrogen and oxygen atoms in total. The average molecular weight is 238 g/mol. The van der Waals surface area contributed by atoms with Crippen molar-refractivity contribution in [2.45, 2.75) is 63.9 Å². The van der Waals surface area contributed by atoms with Crippen LogP contribution in [0.4, 0.5) is 4.39 Å². The van der Waals surface area contributed by atoms with Gasteiger partial charge in [-0.3, -0.25) is 0 Å². The lowest BCUT2D eigenvalue weighted by Crippen LogP contribution is -2.48. The fourth-order valence-corrected chi connectivity index (χ4v) is 4.31. The molecular weight excluding hydrogens is 215 g/mol. The first-order chi connectivity index (χ1) is 8.04. The summed E-state index contributed by atoms with van der Waals surface area (Å²) in [5.74, 6) is 1.36. The standard InChI is InChI=1S/C15H23FO/c1-11-2-4-12(5-3-11)15-8-6-14(17,7-9-15)10-13(15)16/h10-12,17H,2-9H2,1H3. The number of hydrogen-bond acceptors (Lipinski definition) is 1. The molecule has 2 fully saturated rings. The molecule has 0 aliphatic heterocycles. The molecule has 0 aromatic heterocycles. The Balaban J connectivity index is 1.84. The molecule has 2 bridgehead atoms. The highest BCUT2D eigenvalue weighted by Gasteiger charge is 2.53. The minimum atomic E-state index is -0.812. The molecule has 0 radical (unpaired) electrons. The van der Waals surface area contributed by atoms with Crippen molar-refractivity contribution in [3.8, 4) is 0 Å². The van der Waals surface area contributed by atoms with Crippen molar-refractivity contribution in [2.75, 3.05) is 0 Å². The maximum absolute atomic E-state index is 14.4. The lowest BCUT2D eigenvalue weighted by atomic mass is 9.54. The Morgan fingerprint density at radius 1 is 1.12 bits per heavy atom. The quantitative estimate of drug-likeness (QED) is 0.733. The van der Waals surface area contributed by atoms with E-state index in [0.29, 0.717) is 5.92 Å². The van der Waals surface area contributed by atoms with E-state index in [1.807, 2.05) is 0 Å². The van der Waals surface area contributed by atoms with Gasteiger partial charge in [0.2, 0.25) is 0 Å². The van der Waals surface area contributed by atoms with Crippen LogP contribution in [-0.2, 0) is 0 Å². The molecule has 4 aliphatic rings. The third-order valence-corrected chi connectivity index (χ3v) is 5.68. The molecule has 2 heteroatoms. The summed E-state index contributed by atoms with van der Waals surface area (Å²) < 4.78 is 14.4. The first-order valence-electron chi connectivity index (χ1n) is 7.15. The Morgan fingerprint density at radius 3 is 2.24 bits per heavy atom. The van der Waals surface area contributed by atoms with Crippen LogP contribution < -0.4 is 0 Å². The van der Waals surface area contributed by atoms with Gasteiger partial charge in [-0.2, -0.15) is 0 Å². The monoisotopic (exact) mass is 238 g/mol. The van der Waals surface area contributed by atoms with Gasteiger partial charge in [0.15, 0.2) is 0 Å². The molecule has 4 rings (SSSR count). The normalized spacial score (nSPS) is 50.2. The zero-order valence-electron chi connectivity index (χ0n) is 10.7. The molecular formula is C15H23FO. The molecule has 0 saturated heterocycles. The molecule has 0 heterocycles. The summed E-state index contributed by atoms with van der Waals surface area (Å²) >= 11 is 0. The van der Waals surface area contributed by atoms with Gasteiger partial charge in [-0.15, -0.1) is 0 Å².